The lowest BCUT2D eigenvalue weighted by atomic mass is 10.4. The van der Waals surface area contributed by atoms with Gasteiger partial charge in [-0.1, -0.05) is 0 Å². The molecule has 0 spiro atoms. The average molecular weight is 169 g/mol. The van der Waals surface area contributed by atoms with Gasteiger partial charge in [0.05, 0.1) is 6.67 Å². The first-order valence-corrected chi connectivity index (χ1v) is 3.65. The smallest absolute Gasteiger partial charge is 0.139 e. The number of halogens is 1. The van der Waals surface area contributed by atoms with Gasteiger partial charge in [-0.3, -0.25) is 10.3 Å². The molecule has 0 aliphatic carbocycles. The normalized spacial score (nSPS) is 10.7. The van der Waals surface area contributed by atoms with E-state index >= 15 is 0 Å². The van der Waals surface area contributed by atoms with Crippen LogP contribution in [0.2, 0.25) is 0 Å². The van der Waals surface area contributed by atoms with Crippen LogP contribution in [-0.4, -0.2) is 23.6 Å². The summed E-state index contributed by atoms with van der Waals surface area (Å²) in [6, 6.07) is 2.73. The highest BCUT2D eigenvalue weighted by Crippen LogP contribution is 1.91. The lowest BCUT2D eigenvalue weighted by Crippen LogP contribution is -2.26. The molecule has 0 radical (unpaired) electrons. The fourth-order valence-electron chi connectivity index (χ4n) is 0.937. The van der Waals surface area contributed by atoms with Gasteiger partial charge in [0, 0.05) is 6.20 Å². The van der Waals surface area contributed by atoms with Gasteiger partial charge in [0.25, 0.3) is 0 Å². The van der Waals surface area contributed by atoms with Crippen molar-refractivity contribution in [1.29, 1.82) is 5.41 Å². The molecule has 0 aliphatic rings. The second-order valence-corrected chi connectivity index (χ2v) is 2.92. The fourth-order valence-corrected chi connectivity index (χ4v) is 0.937. The maximum Gasteiger partial charge on any atom is 0.139 e. The fraction of sp³-hybridized carbons (Fsp3) is 0.375. The highest BCUT2D eigenvalue weighted by atomic mass is 19.1. The highest BCUT2D eigenvalue weighted by Gasteiger charge is 1.95. The van der Waals surface area contributed by atoms with E-state index in [1.165, 1.54) is 22.9 Å². The quantitative estimate of drug-likeness (QED) is 0.691. The Hall–Kier alpha value is -1.16. The Morgan fingerprint density at radius 2 is 2.17 bits per heavy atom. The van der Waals surface area contributed by atoms with Gasteiger partial charge < -0.3 is 4.57 Å². The van der Waals surface area contributed by atoms with Crippen molar-refractivity contribution in [1.82, 2.24) is 9.47 Å². The van der Waals surface area contributed by atoms with Crippen LogP contribution in [-0.2, 0) is 6.67 Å². The summed E-state index contributed by atoms with van der Waals surface area (Å²) in [5, 5.41) is 7.43. The summed E-state index contributed by atoms with van der Waals surface area (Å²) in [6.07, 6.45) is 1.32. The van der Waals surface area contributed by atoms with E-state index in [1.54, 1.807) is 0 Å². The Bertz CT molecular complexity index is 316. The zero-order valence-corrected chi connectivity index (χ0v) is 7.21. The summed E-state index contributed by atoms with van der Waals surface area (Å²) in [7, 11) is 3.74. The van der Waals surface area contributed by atoms with Crippen LogP contribution in [0.4, 0.5) is 4.39 Å². The van der Waals surface area contributed by atoms with Crippen molar-refractivity contribution in [3.8, 4) is 0 Å². The lowest BCUT2D eigenvalue weighted by molar-refractivity contribution is 0.315. The van der Waals surface area contributed by atoms with E-state index in [0.717, 1.165) is 0 Å². The Morgan fingerprint density at radius 3 is 2.75 bits per heavy atom. The van der Waals surface area contributed by atoms with Crippen molar-refractivity contribution >= 4 is 0 Å². The van der Waals surface area contributed by atoms with E-state index in [9.17, 15) is 4.39 Å². The predicted molar refractivity (Wildman–Crippen MR) is 43.9 cm³/mol. The first kappa shape index (κ1) is 8.93. The van der Waals surface area contributed by atoms with E-state index in [-0.39, 0.29) is 5.82 Å². The van der Waals surface area contributed by atoms with Crippen LogP contribution >= 0.6 is 0 Å². The van der Waals surface area contributed by atoms with Gasteiger partial charge in [-0.15, -0.1) is 0 Å². The summed E-state index contributed by atoms with van der Waals surface area (Å²) < 4.78 is 14.2. The number of nitrogens with one attached hydrogen (secondary N) is 1. The van der Waals surface area contributed by atoms with Gasteiger partial charge in [-0.25, -0.2) is 4.39 Å². The molecule has 1 rings (SSSR count). The summed E-state index contributed by atoms with van der Waals surface area (Å²) >= 11 is 0. The minimum atomic E-state index is -0.312. The van der Waals surface area contributed by atoms with Gasteiger partial charge in [0.1, 0.15) is 11.3 Å². The summed E-state index contributed by atoms with van der Waals surface area (Å²) in [5.74, 6) is -0.312. The molecule has 0 unspecified atom stereocenters. The molecular weight excluding hydrogens is 157 g/mol. The van der Waals surface area contributed by atoms with Crippen LogP contribution in [0.3, 0.4) is 0 Å². The lowest BCUT2D eigenvalue weighted by Gasteiger charge is -2.12. The third kappa shape index (κ3) is 2.17. The molecule has 1 N–H and O–H groups in total. The minimum absolute atomic E-state index is 0.310. The van der Waals surface area contributed by atoms with E-state index < -0.39 is 0 Å². The Kier molecular flexibility index (Phi) is 2.60. The maximum atomic E-state index is 12.7. The summed E-state index contributed by atoms with van der Waals surface area (Å²) in [6.45, 7) is 0.524. The second-order valence-electron chi connectivity index (χ2n) is 2.92. The zero-order valence-electron chi connectivity index (χ0n) is 7.21. The van der Waals surface area contributed by atoms with Crippen molar-refractivity contribution in [3.05, 3.63) is 29.6 Å². The summed E-state index contributed by atoms with van der Waals surface area (Å²) in [4.78, 5) is 1.87. The van der Waals surface area contributed by atoms with Crippen LogP contribution in [0.5, 0.6) is 0 Å². The molecule has 0 saturated heterocycles. The molecule has 4 heteroatoms. The van der Waals surface area contributed by atoms with E-state index in [4.69, 9.17) is 5.41 Å². The Labute approximate surface area is 70.6 Å². The van der Waals surface area contributed by atoms with Crippen molar-refractivity contribution < 1.29 is 4.39 Å². The predicted octanol–water partition coefficient (Wildman–Crippen LogP) is 0.626. The second kappa shape index (κ2) is 3.49. The van der Waals surface area contributed by atoms with Crippen LogP contribution in [0.1, 0.15) is 0 Å². The third-order valence-corrected chi connectivity index (χ3v) is 1.42. The molecule has 12 heavy (non-hydrogen) atoms. The van der Waals surface area contributed by atoms with Crippen LogP contribution in [0.25, 0.3) is 0 Å². The van der Waals surface area contributed by atoms with E-state index in [1.807, 2.05) is 19.0 Å². The number of pyridine rings is 1. The van der Waals surface area contributed by atoms with Crippen LogP contribution in [0, 0.1) is 11.2 Å². The van der Waals surface area contributed by atoms with Crippen molar-refractivity contribution in [2.75, 3.05) is 14.1 Å². The number of aromatic nitrogens is 1. The molecule has 1 aromatic rings. The van der Waals surface area contributed by atoms with Gasteiger partial charge >= 0.3 is 0 Å². The molecule has 0 bridgehead atoms. The highest BCUT2D eigenvalue weighted by molar-refractivity contribution is 4.94. The molecule has 0 saturated carbocycles. The monoisotopic (exact) mass is 169 g/mol. The molecular formula is C8H12FN3. The van der Waals surface area contributed by atoms with Gasteiger partial charge in [0.2, 0.25) is 0 Å². The van der Waals surface area contributed by atoms with Crippen molar-refractivity contribution in [3.63, 3.8) is 0 Å². The molecule has 1 aromatic heterocycles. The largest absolute Gasteiger partial charge is 0.317 e. The molecule has 0 aliphatic heterocycles. The molecule has 3 nitrogen and oxygen atoms in total. The van der Waals surface area contributed by atoms with E-state index in [2.05, 4.69) is 0 Å². The Morgan fingerprint density at radius 1 is 1.50 bits per heavy atom. The number of rotatable bonds is 2. The molecule has 0 atom stereocenters. The van der Waals surface area contributed by atoms with E-state index in [0.29, 0.717) is 12.2 Å². The molecule has 0 aromatic carbocycles. The van der Waals surface area contributed by atoms with Gasteiger partial charge in [-0.05, 0) is 26.2 Å². The number of nitrogens with zero attached hydrogens (tertiary/aromatic N) is 2. The number of hydrogen-bond donors (Lipinski definition) is 1. The number of hydrogen-bond acceptors (Lipinski definition) is 2. The van der Waals surface area contributed by atoms with Crippen LogP contribution < -0.4 is 5.49 Å². The maximum absolute atomic E-state index is 12.7. The first-order chi connectivity index (χ1) is 5.59. The molecule has 0 fully saturated rings. The standard InChI is InChI=1S/C8H12FN3/c1-11(2)6-12-5-7(9)3-4-8(12)10/h3-5,10H,6H2,1-2H3. The third-order valence-electron chi connectivity index (χ3n) is 1.42. The van der Waals surface area contributed by atoms with Crippen molar-refractivity contribution in [2.24, 2.45) is 0 Å². The first-order valence-electron chi connectivity index (χ1n) is 3.65. The zero-order chi connectivity index (χ0) is 9.14. The molecule has 1 heterocycles. The molecule has 66 valence electrons. The van der Waals surface area contributed by atoms with Crippen LogP contribution in [0.15, 0.2) is 18.3 Å². The Balaban J connectivity index is 2.98. The van der Waals surface area contributed by atoms with Gasteiger partial charge in [-0.2, -0.15) is 0 Å². The van der Waals surface area contributed by atoms with Crippen molar-refractivity contribution in [2.45, 2.75) is 6.67 Å². The summed E-state index contributed by atoms with van der Waals surface area (Å²) in [5.41, 5.74) is 0.310. The topological polar surface area (TPSA) is 32.0 Å². The molecule has 0 amide bonds. The van der Waals surface area contributed by atoms with Gasteiger partial charge in [0.15, 0.2) is 0 Å². The average Bonchev–Trinajstić information content (AvgIpc) is 1.96. The SMILES string of the molecule is CN(C)Cn1cc(F)ccc1=N. The minimum Gasteiger partial charge on any atom is -0.317 e.